The topological polar surface area (TPSA) is 84.4 Å². The molecule has 2 aliphatic rings. The Hall–Kier alpha value is -4.53. The summed E-state index contributed by atoms with van der Waals surface area (Å²) in [4.78, 5) is 37.0. The van der Waals surface area contributed by atoms with Gasteiger partial charge in [0.05, 0.1) is 35.5 Å². The average molecular weight is 709 g/mol. The average Bonchev–Trinajstić information content (AvgIpc) is 3.07. The zero-order valence-electron chi connectivity index (χ0n) is 27.8. The molecule has 0 spiro atoms. The zero-order chi connectivity index (χ0) is 36.3. The van der Waals surface area contributed by atoms with Crippen LogP contribution in [0.3, 0.4) is 0 Å². The number of rotatable bonds is 9. The molecule has 0 unspecified atom stereocenters. The lowest BCUT2D eigenvalue weighted by atomic mass is 9.74. The van der Waals surface area contributed by atoms with Crippen LogP contribution < -0.4 is 14.4 Å². The number of alkyl halides is 6. The highest BCUT2D eigenvalue weighted by atomic mass is 19.4. The molecule has 2 fully saturated rings. The fourth-order valence-corrected chi connectivity index (χ4v) is 6.60. The molecule has 50 heavy (non-hydrogen) atoms. The van der Waals surface area contributed by atoms with E-state index >= 15 is 0 Å². The maximum Gasteiger partial charge on any atom is 0.417 e. The molecule has 1 aromatic heterocycles. The first-order valence-corrected chi connectivity index (χ1v) is 15.9. The molecule has 2 aliphatic heterocycles. The van der Waals surface area contributed by atoms with Crippen molar-refractivity contribution < 1.29 is 50.1 Å². The molecule has 0 aliphatic carbocycles. The minimum atomic E-state index is -4.85. The summed E-state index contributed by atoms with van der Waals surface area (Å²) in [6, 6.07) is 12.0. The van der Waals surface area contributed by atoms with E-state index in [4.69, 9.17) is 14.2 Å². The third-order valence-corrected chi connectivity index (χ3v) is 8.68. The van der Waals surface area contributed by atoms with Crippen LogP contribution in [0.25, 0.3) is 0 Å². The highest BCUT2D eigenvalue weighted by Gasteiger charge is 2.54. The van der Waals surface area contributed by atoms with Crippen LogP contribution in [-0.2, 0) is 21.9 Å². The summed E-state index contributed by atoms with van der Waals surface area (Å²) in [6.45, 7) is 4.99. The quantitative estimate of drug-likeness (QED) is 0.194. The van der Waals surface area contributed by atoms with E-state index in [1.807, 2.05) is 24.3 Å². The van der Waals surface area contributed by atoms with Crippen molar-refractivity contribution in [1.82, 2.24) is 14.8 Å². The molecule has 1 atom stereocenters. The molecule has 270 valence electrons. The molecule has 3 aromatic rings. The van der Waals surface area contributed by atoms with E-state index < -0.39 is 58.4 Å². The number of nitrogens with zero attached hydrogens (tertiary/aromatic N) is 4. The number of ether oxygens (including phenoxy) is 3. The van der Waals surface area contributed by atoms with E-state index in [-0.39, 0.29) is 31.8 Å². The van der Waals surface area contributed by atoms with Gasteiger partial charge in [0.2, 0.25) is 5.60 Å². The van der Waals surface area contributed by atoms with Crippen molar-refractivity contribution >= 4 is 17.5 Å². The largest absolute Gasteiger partial charge is 0.489 e. The second-order valence-electron chi connectivity index (χ2n) is 13.1. The number of piperazine rings is 1. The van der Waals surface area contributed by atoms with Crippen molar-refractivity contribution in [3.05, 3.63) is 83.7 Å². The van der Waals surface area contributed by atoms with Crippen LogP contribution in [0.4, 0.5) is 32.0 Å². The van der Waals surface area contributed by atoms with E-state index in [0.717, 1.165) is 47.2 Å². The lowest BCUT2D eigenvalue weighted by Gasteiger charge is -2.50. The van der Waals surface area contributed by atoms with Crippen molar-refractivity contribution in [2.45, 2.75) is 38.2 Å². The Morgan fingerprint density at radius 1 is 0.840 bits per heavy atom. The molecule has 0 bridgehead atoms. The molecule has 3 heterocycles. The van der Waals surface area contributed by atoms with Crippen molar-refractivity contribution in [1.29, 1.82) is 0 Å². The van der Waals surface area contributed by atoms with Gasteiger partial charge in [0, 0.05) is 58.6 Å². The molecule has 0 saturated carbocycles. The standard InChI is InChI=1S/C35H38F6N4O5/c1-32(2)21-33(50-25-10-8-24(9-11-25)34(36,37)38,23-45(22-32)30(46)26-20-42-13-12-27(26)35(39,40)41)31(47)44-16-14-43(15-17-44)28-6-4-5-7-29(28)49-19-18-48-3/h4-13,20H,14-19,21-23H2,1-3H3/t33-/m0/s1. The number of halogens is 6. The third-order valence-electron chi connectivity index (χ3n) is 8.68. The van der Waals surface area contributed by atoms with Gasteiger partial charge in [-0.1, -0.05) is 26.0 Å². The number of carbonyl (C=O) groups is 2. The Morgan fingerprint density at radius 2 is 1.52 bits per heavy atom. The van der Waals surface area contributed by atoms with E-state index in [2.05, 4.69) is 9.88 Å². The summed E-state index contributed by atoms with van der Waals surface area (Å²) in [5.74, 6) is -0.950. The van der Waals surface area contributed by atoms with Crippen LogP contribution in [-0.4, -0.2) is 91.8 Å². The summed E-state index contributed by atoms with van der Waals surface area (Å²) >= 11 is 0. The number of carbonyl (C=O) groups excluding carboxylic acids is 2. The van der Waals surface area contributed by atoms with Gasteiger partial charge in [-0.3, -0.25) is 14.6 Å². The lowest BCUT2D eigenvalue weighted by molar-refractivity contribution is -0.158. The van der Waals surface area contributed by atoms with Gasteiger partial charge in [0.1, 0.15) is 18.1 Å². The molecular weight excluding hydrogens is 670 g/mol. The van der Waals surface area contributed by atoms with Crippen LogP contribution in [0.15, 0.2) is 67.0 Å². The molecule has 2 amide bonds. The second kappa shape index (κ2) is 14.4. The summed E-state index contributed by atoms with van der Waals surface area (Å²) in [5.41, 5.74) is -4.68. The summed E-state index contributed by atoms with van der Waals surface area (Å²) in [6.07, 6.45) is -7.67. The van der Waals surface area contributed by atoms with Gasteiger partial charge >= 0.3 is 12.4 Å². The molecule has 5 rings (SSSR count). The highest BCUT2D eigenvalue weighted by molar-refractivity contribution is 5.97. The van der Waals surface area contributed by atoms with E-state index in [1.54, 1.807) is 25.9 Å². The summed E-state index contributed by atoms with van der Waals surface area (Å²) < 4.78 is 99.1. The first-order chi connectivity index (χ1) is 23.5. The predicted molar refractivity (Wildman–Crippen MR) is 171 cm³/mol. The first kappa shape index (κ1) is 36.7. The number of pyridine rings is 1. The Bertz CT molecular complexity index is 1660. The van der Waals surface area contributed by atoms with Gasteiger partial charge in [0.25, 0.3) is 11.8 Å². The lowest BCUT2D eigenvalue weighted by Crippen LogP contribution is -2.67. The predicted octanol–water partition coefficient (Wildman–Crippen LogP) is 6.18. The number of para-hydroxylation sites is 2. The van der Waals surface area contributed by atoms with E-state index in [0.29, 0.717) is 38.1 Å². The minimum absolute atomic E-state index is 0.0168. The van der Waals surface area contributed by atoms with Crippen LogP contribution in [0.5, 0.6) is 11.5 Å². The number of benzene rings is 2. The normalized spacial score (nSPS) is 19.7. The SMILES string of the molecule is COCCOc1ccccc1N1CCN(C(=O)[C@@]2(Oc3ccc(C(F)(F)F)cc3)CN(C(=O)c3cnccc3C(F)(F)F)CC(C)(C)C2)CC1. The van der Waals surface area contributed by atoms with E-state index in [1.165, 1.54) is 0 Å². The molecule has 9 nitrogen and oxygen atoms in total. The van der Waals surface area contributed by atoms with Gasteiger partial charge in [-0.15, -0.1) is 0 Å². The maximum absolute atomic E-state index is 14.6. The number of piperidine rings is 1. The van der Waals surface area contributed by atoms with Crippen molar-refractivity contribution in [3.8, 4) is 11.5 Å². The molecule has 0 radical (unpaired) electrons. The van der Waals surface area contributed by atoms with Crippen LogP contribution in [0.2, 0.25) is 0 Å². The van der Waals surface area contributed by atoms with Gasteiger partial charge in [-0.25, -0.2) is 0 Å². The monoisotopic (exact) mass is 708 g/mol. The maximum atomic E-state index is 14.6. The Kier molecular flexibility index (Phi) is 10.6. The van der Waals surface area contributed by atoms with Crippen molar-refractivity contribution in [2.24, 2.45) is 5.41 Å². The number of likely N-dealkylation sites (tertiary alicyclic amines) is 1. The Labute approximate surface area is 285 Å². The van der Waals surface area contributed by atoms with Crippen LogP contribution in [0.1, 0.15) is 41.8 Å². The first-order valence-electron chi connectivity index (χ1n) is 15.9. The summed E-state index contributed by atoms with van der Waals surface area (Å²) in [5, 5.41) is 0. The van der Waals surface area contributed by atoms with Crippen molar-refractivity contribution in [3.63, 3.8) is 0 Å². The van der Waals surface area contributed by atoms with Crippen molar-refractivity contribution in [2.75, 3.05) is 64.5 Å². The highest BCUT2D eigenvalue weighted by Crippen LogP contribution is 2.42. The minimum Gasteiger partial charge on any atom is -0.489 e. The number of amides is 2. The Balaban J connectivity index is 1.46. The van der Waals surface area contributed by atoms with Gasteiger partial charge < -0.3 is 28.9 Å². The second-order valence-corrected chi connectivity index (χ2v) is 13.1. The van der Waals surface area contributed by atoms with Crippen LogP contribution >= 0.6 is 0 Å². The number of hydrogen-bond donors (Lipinski definition) is 0. The number of methoxy groups -OCH3 is 1. The molecule has 2 saturated heterocycles. The number of anilines is 1. The van der Waals surface area contributed by atoms with Gasteiger partial charge in [-0.2, -0.15) is 26.3 Å². The number of aromatic nitrogens is 1. The summed E-state index contributed by atoms with van der Waals surface area (Å²) in [7, 11) is 1.57. The van der Waals surface area contributed by atoms with Gasteiger partial charge in [-0.05, 0) is 47.9 Å². The fraction of sp³-hybridized carbons (Fsp3) is 0.457. The van der Waals surface area contributed by atoms with Gasteiger partial charge in [0.15, 0.2) is 0 Å². The van der Waals surface area contributed by atoms with E-state index in [9.17, 15) is 35.9 Å². The molecule has 0 N–H and O–H groups in total. The molecule has 2 aromatic carbocycles. The zero-order valence-corrected chi connectivity index (χ0v) is 27.8. The number of hydrogen-bond acceptors (Lipinski definition) is 7. The molecule has 15 heteroatoms. The Morgan fingerprint density at radius 3 is 2.16 bits per heavy atom. The van der Waals surface area contributed by atoms with Crippen LogP contribution in [0, 0.1) is 5.41 Å². The smallest absolute Gasteiger partial charge is 0.417 e. The fourth-order valence-electron chi connectivity index (χ4n) is 6.60. The third kappa shape index (κ3) is 8.25. The molecular formula is C35H38F6N4O5.